The van der Waals surface area contributed by atoms with E-state index in [1.807, 2.05) is 60.7 Å². The van der Waals surface area contributed by atoms with E-state index in [0.29, 0.717) is 11.3 Å². The molecule has 0 amide bonds. The minimum atomic E-state index is -0.105. The standard InChI is InChI=1S/C20H15NO3/c1-23-16-8-6-13(7-9-16)19-11-14(20(22)24-19)10-15-12-21-18-5-3-2-4-17(15)18/h2-12,22H,1H3/b15-10+. The lowest BCUT2D eigenvalue weighted by molar-refractivity contribution is 0.337. The molecule has 4 nitrogen and oxygen atoms in total. The molecule has 1 N–H and O–H groups in total. The Morgan fingerprint density at radius 2 is 1.88 bits per heavy atom. The molecule has 0 saturated heterocycles. The number of para-hydroxylation sites is 1. The Morgan fingerprint density at radius 3 is 2.67 bits per heavy atom. The van der Waals surface area contributed by atoms with Crippen molar-refractivity contribution in [3.63, 3.8) is 0 Å². The SMILES string of the molecule is COc1ccc(-c2cc(/C=C3\C=Nc4ccccc43)c(O)o2)cc1. The average Bonchev–Trinajstić information content (AvgIpc) is 3.20. The van der Waals surface area contributed by atoms with Gasteiger partial charge < -0.3 is 14.3 Å². The highest BCUT2D eigenvalue weighted by Gasteiger charge is 2.15. The number of rotatable bonds is 3. The lowest BCUT2D eigenvalue weighted by Gasteiger charge is -2.00. The summed E-state index contributed by atoms with van der Waals surface area (Å²) in [5.41, 5.74) is 4.42. The number of benzene rings is 2. The molecule has 1 aliphatic heterocycles. The summed E-state index contributed by atoms with van der Waals surface area (Å²) in [5.74, 6) is 1.27. The third kappa shape index (κ3) is 2.48. The van der Waals surface area contributed by atoms with Crippen LogP contribution in [-0.4, -0.2) is 18.4 Å². The van der Waals surface area contributed by atoms with Crippen molar-refractivity contribution in [2.24, 2.45) is 4.99 Å². The summed E-state index contributed by atoms with van der Waals surface area (Å²) in [4.78, 5) is 4.37. The maximum Gasteiger partial charge on any atom is 0.289 e. The van der Waals surface area contributed by atoms with Crippen molar-refractivity contribution in [3.8, 4) is 23.0 Å². The molecule has 3 aromatic rings. The van der Waals surface area contributed by atoms with Gasteiger partial charge in [0.2, 0.25) is 0 Å². The summed E-state index contributed by atoms with van der Waals surface area (Å²) >= 11 is 0. The third-order valence-corrected chi connectivity index (χ3v) is 3.98. The number of aliphatic imine (C=N–C) groups is 1. The molecule has 2 heterocycles. The van der Waals surface area contributed by atoms with Crippen LogP contribution in [0.2, 0.25) is 0 Å². The maximum atomic E-state index is 10.1. The number of allylic oxidation sites excluding steroid dienone is 1. The molecule has 0 unspecified atom stereocenters. The van der Waals surface area contributed by atoms with Crippen LogP contribution in [0.4, 0.5) is 5.69 Å². The van der Waals surface area contributed by atoms with E-state index in [1.165, 1.54) is 0 Å². The van der Waals surface area contributed by atoms with Crippen LogP contribution in [-0.2, 0) is 0 Å². The van der Waals surface area contributed by atoms with E-state index in [-0.39, 0.29) is 5.95 Å². The summed E-state index contributed by atoms with van der Waals surface area (Å²) in [5, 5.41) is 10.1. The van der Waals surface area contributed by atoms with Gasteiger partial charge in [0.15, 0.2) is 0 Å². The first-order chi connectivity index (χ1) is 11.7. The van der Waals surface area contributed by atoms with Gasteiger partial charge in [-0.15, -0.1) is 0 Å². The Bertz CT molecular complexity index is 949. The van der Waals surface area contributed by atoms with E-state index < -0.39 is 0 Å². The second-order valence-electron chi connectivity index (χ2n) is 5.47. The molecule has 0 spiro atoms. The molecular formula is C20H15NO3. The van der Waals surface area contributed by atoms with Gasteiger partial charge in [0, 0.05) is 22.9 Å². The van der Waals surface area contributed by atoms with Crippen molar-refractivity contribution >= 4 is 23.6 Å². The number of nitrogens with zero attached hydrogens (tertiary/aromatic N) is 1. The Labute approximate surface area is 139 Å². The van der Waals surface area contributed by atoms with Crippen LogP contribution >= 0.6 is 0 Å². The summed E-state index contributed by atoms with van der Waals surface area (Å²) in [6.45, 7) is 0. The monoisotopic (exact) mass is 317 g/mol. The van der Waals surface area contributed by atoms with Crippen LogP contribution in [0.15, 0.2) is 64.0 Å². The van der Waals surface area contributed by atoms with Gasteiger partial charge in [0.05, 0.1) is 18.4 Å². The smallest absolute Gasteiger partial charge is 0.289 e. The van der Waals surface area contributed by atoms with Gasteiger partial charge in [-0.2, -0.15) is 0 Å². The van der Waals surface area contributed by atoms with Crippen LogP contribution < -0.4 is 4.74 Å². The Morgan fingerprint density at radius 1 is 1.08 bits per heavy atom. The Hall–Kier alpha value is -3.27. The first-order valence-electron chi connectivity index (χ1n) is 7.57. The van der Waals surface area contributed by atoms with Gasteiger partial charge in [-0.3, -0.25) is 4.99 Å². The van der Waals surface area contributed by atoms with Crippen molar-refractivity contribution in [2.75, 3.05) is 7.11 Å². The molecule has 118 valence electrons. The molecule has 24 heavy (non-hydrogen) atoms. The fraction of sp³-hybridized carbons (Fsp3) is 0.0500. The molecule has 0 saturated carbocycles. The van der Waals surface area contributed by atoms with Crippen molar-refractivity contribution < 1.29 is 14.3 Å². The van der Waals surface area contributed by atoms with Crippen molar-refractivity contribution in [3.05, 3.63) is 65.7 Å². The number of ether oxygens (including phenoxy) is 1. The van der Waals surface area contributed by atoms with Crippen LogP contribution in [0.25, 0.3) is 23.0 Å². The van der Waals surface area contributed by atoms with Gasteiger partial charge >= 0.3 is 0 Å². The lowest BCUT2D eigenvalue weighted by Crippen LogP contribution is -1.81. The molecular weight excluding hydrogens is 302 g/mol. The van der Waals surface area contributed by atoms with Crippen LogP contribution in [0, 0.1) is 0 Å². The zero-order valence-corrected chi connectivity index (χ0v) is 13.1. The Balaban J connectivity index is 1.69. The van der Waals surface area contributed by atoms with Crippen molar-refractivity contribution in [2.45, 2.75) is 0 Å². The predicted octanol–water partition coefficient (Wildman–Crippen LogP) is 4.92. The largest absolute Gasteiger partial charge is 0.497 e. The second kappa shape index (κ2) is 5.74. The predicted molar refractivity (Wildman–Crippen MR) is 94.8 cm³/mol. The number of hydrogen-bond donors (Lipinski definition) is 1. The molecule has 0 fully saturated rings. The molecule has 0 radical (unpaired) electrons. The number of aromatic hydroxyl groups is 1. The number of fused-ring (bicyclic) bond motifs is 1. The summed E-state index contributed by atoms with van der Waals surface area (Å²) in [6.07, 6.45) is 3.67. The van der Waals surface area contributed by atoms with E-state index in [0.717, 1.165) is 28.1 Å². The summed E-state index contributed by atoms with van der Waals surface area (Å²) in [6, 6.07) is 17.2. The first-order valence-corrected chi connectivity index (χ1v) is 7.57. The van der Waals surface area contributed by atoms with Gasteiger partial charge in [-0.25, -0.2) is 0 Å². The zero-order chi connectivity index (χ0) is 16.5. The number of methoxy groups -OCH3 is 1. The van der Waals surface area contributed by atoms with Gasteiger partial charge in [-0.1, -0.05) is 18.2 Å². The fourth-order valence-electron chi connectivity index (χ4n) is 2.72. The zero-order valence-electron chi connectivity index (χ0n) is 13.1. The van der Waals surface area contributed by atoms with Crippen molar-refractivity contribution in [1.82, 2.24) is 0 Å². The van der Waals surface area contributed by atoms with Gasteiger partial charge in [-0.05, 0) is 42.5 Å². The molecule has 4 rings (SSSR count). The van der Waals surface area contributed by atoms with E-state index >= 15 is 0 Å². The van der Waals surface area contributed by atoms with E-state index in [1.54, 1.807) is 13.3 Å². The lowest BCUT2D eigenvalue weighted by atomic mass is 10.0. The summed E-state index contributed by atoms with van der Waals surface area (Å²) < 4.78 is 10.7. The number of hydrogen-bond acceptors (Lipinski definition) is 4. The molecule has 1 aliphatic rings. The Kier molecular flexibility index (Phi) is 3.43. The molecule has 0 aliphatic carbocycles. The highest BCUT2D eigenvalue weighted by molar-refractivity contribution is 6.21. The maximum absolute atomic E-state index is 10.1. The minimum Gasteiger partial charge on any atom is -0.497 e. The average molecular weight is 317 g/mol. The molecule has 2 aromatic carbocycles. The molecule has 1 aromatic heterocycles. The highest BCUT2D eigenvalue weighted by Crippen LogP contribution is 2.36. The molecule has 4 heteroatoms. The van der Waals surface area contributed by atoms with Crippen molar-refractivity contribution in [1.29, 1.82) is 0 Å². The second-order valence-corrected chi connectivity index (χ2v) is 5.47. The van der Waals surface area contributed by atoms with Crippen LogP contribution in [0.1, 0.15) is 11.1 Å². The number of furan rings is 1. The fourth-order valence-corrected chi connectivity index (χ4v) is 2.72. The van der Waals surface area contributed by atoms with Crippen LogP contribution in [0.3, 0.4) is 0 Å². The summed E-state index contributed by atoms with van der Waals surface area (Å²) in [7, 11) is 1.62. The first kappa shape index (κ1) is 14.3. The van der Waals surface area contributed by atoms with Gasteiger partial charge in [0.25, 0.3) is 5.95 Å². The van der Waals surface area contributed by atoms with Gasteiger partial charge in [0.1, 0.15) is 11.5 Å². The quantitative estimate of drug-likeness (QED) is 0.746. The van der Waals surface area contributed by atoms with E-state index in [4.69, 9.17) is 9.15 Å². The highest BCUT2D eigenvalue weighted by atomic mass is 16.5. The minimum absolute atomic E-state index is 0.105. The van der Waals surface area contributed by atoms with Crippen LogP contribution in [0.5, 0.6) is 11.7 Å². The topological polar surface area (TPSA) is 55.0 Å². The normalized spacial score (nSPS) is 14.1. The third-order valence-electron chi connectivity index (χ3n) is 3.98. The molecule has 0 bridgehead atoms. The molecule has 0 atom stereocenters. The van der Waals surface area contributed by atoms with E-state index in [2.05, 4.69) is 4.99 Å². The van der Waals surface area contributed by atoms with E-state index in [9.17, 15) is 5.11 Å².